The number of aromatic nitrogens is 6. The number of anilines is 2. The van der Waals surface area contributed by atoms with Crippen LogP contribution in [0.1, 0.15) is 66.3 Å². The van der Waals surface area contributed by atoms with Gasteiger partial charge in [0.15, 0.2) is 0 Å². The Hall–Kier alpha value is -4.15. The van der Waals surface area contributed by atoms with Gasteiger partial charge >= 0.3 is 0 Å². The second-order valence-corrected chi connectivity index (χ2v) is 10.1. The molecule has 0 spiro atoms. The van der Waals surface area contributed by atoms with Crippen molar-refractivity contribution in [1.29, 1.82) is 0 Å². The van der Waals surface area contributed by atoms with Crippen LogP contribution in [0.25, 0.3) is 11.3 Å². The molecule has 37 heavy (non-hydrogen) atoms. The van der Waals surface area contributed by atoms with E-state index in [-0.39, 0.29) is 23.7 Å². The van der Waals surface area contributed by atoms with E-state index in [0.717, 1.165) is 35.2 Å². The molecule has 190 valence electrons. The van der Waals surface area contributed by atoms with Crippen molar-refractivity contribution in [2.24, 2.45) is 7.05 Å². The van der Waals surface area contributed by atoms with Crippen molar-refractivity contribution < 1.29 is 13.7 Å². The van der Waals surface area contributed by atoms with E-state index in [2.05, 4.69) is 35.8 Å². The first-order valence-electron chi connectivity index (χ1n) is 12.4. The molecule has 1 saturated carbocycles. The summed E-state index contributed by atoms with van der Waals surface area (Å²) in [5, 5.41) is 14.2. The van der Waals surface area contributed by atoms with Gasteiger partial charge in [-0.05, 0) is 48.9 Å². The smallest absolute Gasteiger partial charge is 0.293 e. The van der Waals surface area contributed by atoms with E-state index in [1.165, 1.54) is 0 Å². The Morgan fingerprint density at radius 2 is 2.08 bits per heavy atom. The van der Waals surface area contributed by atoms with Crippen LogP contribution in [-0.2, 0) is 18.9 Å². The van der Waals surface area contributed by atoms with Gasteiger partial charge in [0, 0.05) is 36.8 Å². The number of aryl methyl sites for hydroxylation is 1. The lowest BCUT2D eigenvalue weighted by atomic mass is 9.95. The summed E-state index contributed by atoms with van der Waals surface area (Å²) in [6.45, 7) is 2.04. The van der Waals surface area contributed by atoms with Crippen LogP contribution in [0.4, 0.5) is 16.0 Å². The third-order valence-corrected chi connectivity index (χ3v) is 7.09. The topological polar surface area (TPSA) is 124 Å². The average Bonchev–Trinajstić information content (AvgIpc) is 3.28. The quantitative estimate of drug-likeness (QED) is 0.376. The van der Waals surface area contributed by atoms with Gasteiger partial charge in [0.25, 0.3) is 11.7 Å². The van der Waals surface area contributed by atoms with Crippen molar-refractivity contribution in [2.75, 3.05) is 5.32 Å². The summed E-state index contributed by atoms with van der Waals surface area (Å²) in [6, 6.07) is 7.28. The van der Waals surface area contributed by atoms with Crippen LogP contribution in [-0.4, -0.2) is 42.0 Å². The molecule has 2 N–H and O–H groups in total. The summed E-state index contributed by atoms with van der Waals surface area (Å²) < 4.78 is 21.8. The first-order chi connectivity index (χ1) is 17.9. The number of alkyl halides is 1. The number of benzene rings is 1. The molecule has 2 aliphatic carbocycles. The van der Waals surface area contributed by atoms with Crippen molar-refractivity contribution in [3.8, 4) is 11.3 Å². The molecular formula is C26H27FN8O2. The zero-order valence-corrected chi connectivity index (χ0v) is 20.6. The predicted octanol–water partition coefficient (Wildman–Crippen LogP) is 4.20. The number of halogens is 1. The van der Waals surface area contributed by atoms with E-state index < -0.39 is 12.1 Å². The van der Waals surface area contributed by atoms with Crippen LogP contribution in [0, 0.1) is 0 Å². The number of hydrogen-bond donors (Lipinski definition) is 2. The van der Waals surface area contributed by atoms with E-state index >= 15 is 0 Å². The van der Waals surface area contributed by atoms with E-state index in [1.54, 1.807) is 17.1 Å². The minimum atomic E-state index is -1.00. The molecule has 3 aromatic heterocycles. The van der Waals surface area contributed by atoms with Crippen LogP contribution in [0.5, 0.6) is 0 Å². The van der Waals surface area contributed by atoms with Crippen LogP contribution in [0.15, 0.2) is 47.4 Å². The summed E-state index contributed by atoms with van der Waals surface area (Å²) in [4.78, 5) is 26.2. The lowest BCUT2D eigenvalue weighted by molar-refractivity contribution is 0.0919. The maximum absolute atomic E-state index is 14.7. The van der Waals surface area contributed by atoms with Crippen LogP contribution < -0.4 is 10.6 Å². The lowest BCUT2D eigenvalue weighted by Crippen LogP contribution is -2.29. The number of amides is 1. The van der Waals surface area contributed by atoms with Gasteiger partial charge in [-0.15, -0.1) is 0 Å². The van der Waals surface area contributed by atoms with Gasteiger partial charge in [-0.3, -0.25) is 9.48 Å². The van der Waals surface area contributed by atoms with Crippen LogP contribution in [0.3, 0.4) is 0 Å². The van der Waals surface area contributed by atoms with Crippen molar-refractivity contribution in [1.82, 2.24) is 35.2 Å². The first-order valence-corrected chi connectivity index (χ1v) is 12.4. The second kappa shape index (κ2) is 9.06. The fraction of sp³-hybridized carbons (Fsp3) is 0.385. The predicted molar refractivity (Wildman–Crippen MR) is 133 cm³/mol. The van der Waals surface area contributed by atoms with E-state index in [1.807, 2.05) is 44.4 Å². The fourth-order valence-corrected chi connectivity index (χ4v) is 4.66. The molecule has 1 fully saturated rings. The molecule has 1 amide bonds. The fourth-order valence-electron chi connectivity index (χ4n) is 4.66. The summed E-state index contributed by atoms with van der Waals surface area (Å²) in [6.07, 6.45) is 7.23. The highest BCUT2D eigenvalue weighted by atomic mass is 19.1. The Kier molecular flexibility index (Phi) is 5.69. The Morgan fingerprint density at radius 3 is 2.86 bits per heavy atom. The normalized spacial score (nSPS) is 20.1. The lowest BCUT2D eigenvalue weighted by Gasteiger charge is -2.19. The molecule has 1 aromatic carbocycles. The Balaban J connectivity index is 1.24. The Morgan fingerprint density at radius 1 is 1.22 bits per heavy atom. The number of carbonyl (C=O) groups is 1. The maximum Gasteiger partial charge on any atom is 0.293 e. The summed E-state index contributed by atoms with van der Waals surface area (Å²) in [5.41, 5.74) is 3.94. The molecule has 0 bridgehead atoms. The zero-order valence-electron chi connectivity index (χ0n) is 20.6. The summed E-state index contributed by atoms with van der Waals surface area (Å²) in [7, 11) is 1.83. The molecule has 10 nitrogen and oxygen atoms in total. The third-order valence-electron chi connectivity index (χ3n) is 7.09. The maximum atomic E-state index is 14.7. The molecule has 4 aromatic rings. The van der Waals surface area contributed by atoms with Gasteiger partial charge in [-0.1, -0.05) is 24.2 Å². The molecule has 11 heteroatoms. The van der Waals surface area contributed by atoms with Crippen molar-refractivity contribution >= 4 is 17.5 Å². The van der Waals surface area contributed by atoms with Crippen molar-refractivity contribution in [2.45, 2.75) is 56.7 Å². The number of rotatable bonds is 6. The molecular weight excluding hydrogens is 475 g/mol. The van der Waals surface area contributed by atoms with Crippen LogP contribution >= 0.6 is 0 Å². The number of fused-ring (bicyclic) bond motifs is 1. The molecule has 2 aliphatic rings. The van der Waals surface area contributed by atoms with Gasteiger partial charge in [0.1, 0.15) is 6.17 Å². The monoisotopic (exact) mass is 502 g/mol. The van der Waals surface area contributed by atoms with Gasteiger partial charge in [-0.25, -0.2) is 14.4 Å². The van der Waals surface area contributed by atoms with Gasteiger partial charge in [0.05, 0.1) is 23.6 Å². The standard InChI is InChI=1S/C26H27FN8O2/c1-26(8-9-26)24-33-22(34-37-24)23(36)31-21-6-4-17(27)12-16-11-15(3-5-19(16)21)20-7-10-28-25(32-20)30-18-13-29-35(2)14-18/h3,5,7,10-11,13-14,17,21H,4,6,8-9,12H2,1-2H3,(H,31,36)(H,28,30,32)/t17-,21?/m1/s1. The van der Waals surface area contributed by atoms with E-state index in [0.29, 0.717) is 30.4 Å². The number of hydrogen-bond acceptors (Lipinski definition) is 8. The van der Waals surface area contributed by atoms with E-state index in [4.69, 9.17) is 4.52 Å². The number of carbonyl (C=O) groups excluding carboxylic acids is 1. The second-order valence-electron chi connectivity index (χ2n) is 10.1. The minimum absolute atomic E-state index is 0.0111. The van der Waals surface area contributed by atoms with E-state index in [9.17, 15) is 9.18 Å². The minimum Gasteiger partial charge on any atom is -0.342 e. The molecule has 0 saturated heterocycles. The first kappa shape index (κ1) is 23.3. The highest BCUT2D eigenvalue weighted by Gasteiger charge is 2.45. The molecule has 3 heterocycles. The van der Waals surface area contributed by atoms with Gasteiger partial charge in [-0.2, -0.15) is 10.1 Å². The number of nitrogens with one attached hydrogen (secondary N) is 2. The van der Waals surface area contributed by atoms with Crippen molar-refractivity contribution in [3.05, 3.63) is 65.7 Å². The summed E-state index contributed by atoms with van der Waals surface area (Å²) >= 11 is 0. The molecule has 2 atom stereocenters. The molecule has 1 unspecified atom stereocenters. The Labute approximate surface area is 212 Å². The van der Waals surface area contributed by atoms with Gasteiger partial charge < -0.3 is 15.2 Å². The highest BCUT2D eigenvalue weighted by Crippen LogP contribution is 2.46. The molecule has 0 aliphatic heterocycles. The zero-order chi connectivity index (χ0) is 25.6. The molecule has 6 rings (SSSR count). The molecule has 0 radical (unpaired) electrons. The van der Waals surface area contributed by atoms with Crippen molar-refractivity contribution in [3.63, 3.8) is 0 Å². The number of nitrogens with zero attached hydrogens (tertiary/aromatic N) is 6. The SMILES string of the molecule is Cn1cc(Nc2nccc(-c3ccc4c(c3)C[C@H](F)CCC4NC(=O)c3noc(C4(C)CC4)n3)n2)cn1. The largest absolute Gasteiger partial charge is 0.342 e. The average molecular weight is 503 g/mol. The van der Waals surface area contributed by atoms with Crippen LogP contribution in [0.2, 0.25) is 0 Å². The Bertz CT molecular complexity index is 1460. The third kappa shape index (κ3) is 4.81. The van der Waals surface area contributed by atoms with Gasteiger partial charge in [0.2, 0.25) is 11.8 Å². The summed E-state index contributed by atoms with van der Waals surface area (Å²) in [5.74, 6) is 0.526. The highest BCUT2D eigenvalue weighted by molar-refractivity contribution is 5.90.